The van der Waals surface area contributed by atoms with Gasteiger partial charge in [0.05, 0.1) is 19.1 Å². The number of carbonyl (C=O) groups excluding carboxylic acids is 1. The summed E-state index contributed by atoms with van der Waals surface area (Å²) in [6.07, 6.45) is 3.66. The predicted molar refractivity (Wildman–Crippen MR) is 80.8 cm³/mol. The van der Waals surface area contributed by atoms with Gasteiger partial charge in [-0.15, -0.1) is 0 Å². The van der Waals surface area contributed by atoms with Crippen LogP contribution in [0.3, 0.4) is 0 Å². The summed E-state index contributed by atoms with van der Waals surface area (Å²) in [5.74, 6) is 0.407. The molecule has 0 aliphatic carbocycles. The fourth-order valence-corrected chi connectivity index (χ4v) is 2.70. The zero-order valence-electron chi connectivity index (χ0n) is 12.3. The van der Waals surface area contributed by atoms with Crippen molar-refractivity contribution in [1.82, 2.24) is 5.32 Å². The van der Waals surface area contributed by atoms with Gasteiger partial charge in [-0.25, -0.2) is 0 Å². The SMILES string of the molecule is CCCNC1COCC1C(=O)CCCc1ccccc1. The largest absolute Gasteiger partial charge is 0.379 e. The Balaban J connectivity index is 1.73. The second-order valence-corrected chi connectivity index (χ2v) is 5.51. The van der Waals surface area contributed by atoms with Gasteiger partial charge >= 0.3 is 0 Å². The number of nitrogens with one attached hydrogen (secondary N) is 1. The van der Waals surface area contributed by atoms with Crippen LogP contribution in [0.25, 0.3) is 0 Å². The van der Waals surface area contributed by atoms with Crippen molar-refractivity contribution in [3.05, 3.63) is 35.9 Å². The number of benzene rings is 1. The maximum absolute atomic E-state index is 12.3. The predicted octanol–water partition coefficient (Wildman–Crippen LogP) is 2.59. The van der Waals surface area contributed by atoms with E-state index in [4.69, 9.17) is 4.74 Å². The summed E-state index contributed by atoms with van der Waals surface area (Å²) < 4.78 is 5.47. The Hall–Kier alpha value is -1.19. The molecule has 0 bridgehead atoms. The number of ether oxygens (including phenoxy) is 1. The van der Waals surface area contributed by atoms with E-state index < -0.39 is 0 Å². The number of rotatable bonds is 8. The number of hydrogen-bond donors (Lipinski definition) is 1. The van der Waals surface area contributed by atoms with E-state index in [9.17, 15) is 4.79 Å². The first-order valence-corrected chi connectivity index (χ1v) is 7.69. The lowest BCUT2D eigenvalue weighted by molar-refractivity contribution is -0.123. The van der Waals surface area contributed by atoms with E-state index in [-0.39, 0.29) is 12.0 Å². The van der Waals surface area contributed by atoms with Gasteiger partial charge in [-0.05, 0) is 31.4 Å². The Kier molecular flexibility index (Phi) is 6.22. The molecule has 3 heteroatoms. The van der Waals surface area contributed by atoms with Gasteiger partial charge in [0, 0.05) is 12.5 Å². The second-order valence-electron chi connectivity index (χ2n) is 5.51. The van der Waals surface area contributed by atoms with Gasteiger partial charge in [-0.1, -0.05) is 37.3 Å². The zero-order valence-corrected chi connectivity index (χ0v) is 12.3. The van der Waals surface area contributed by atoms with Crippen molar-refractivity contribution in [2.45, 2.75) is 38.6 Å². The molecule has 1 aliphatic rings. The maximum Gasteiger partial charge on any atom is 0.139 e. The Labute approximate surface area is 121 Å². The van der Waals surface area contributed by atoms with Crippen LogP contribution in [0.15, 0.2) is 30.3 Å². The minimum Gasteiger partial charge on any atom is -0.379 e. The van der Waals surface area contributed by atoms with Gasteiger partial charge in [0.2, 0.25) is 0 Å². The summed E-state index contributed by atoms with van der Waals surface area (Å²) in [6, 6.07) is 10.6. The van der Waals surface area contributed by atoms with Gasteiger partial charge < -0.3 is 10.1 Å². The average molecular weight is 275 g/mol. The van der Waals surface area contributed by atoms with Crippen molar-refractivity contribution in [2.75, 3.05) is 19.8 Å². The molecule has 0 saturated carbocycles. The van der Waals surface area contributed by atoms with E-state index in [2.05, 4.69) is 24.4 Å². The Morgan fingerprint density at radius 3 is 2.85 bits per heavy atom. The molecule has 1 aliphatic heterocycles. The fourth-order valence-electron chi connectivity index (χ4n) is 2.70. The molecule has 2 atom stereocenters. The van der Waals surface area contributed by atoms with Crippen molar-refractivity contribution in [3.8, 4) is 0 Å². The molecule has 3 nitrogen and oxygen atoms in total. The summed E-state index contributed by atoms with van der Waals surface area (Å²) in [5, 5.41) is 3.42. The van der Waals surface area contributed by atoms with Crippen LogP contribution >= 0.6 is 0 Å². The summed E-state index contributed by atoms with van der Waals surface area (Å²) in [6.45, 7) is 4.36. The minimum absolute atomic E-state index is 0.0531. The highest BCUT2D eigenvalue weighted by atomic mass is 16.5. The van der Waals surface area contributed by atoms with Gasteiger partial charge in [0.25, 0.3) is 0 Å². The van der Waals surface area contributed by atoms with E-state index in [1.807, 2.05) is 18.2 Å². The number of Topliss-reactive ketones (excluding diaryl/α,β-unsaturated/α-hetero) is 1. The lowest BCUT2D eigenvalue weighted by Gasteiger charge is -2.17. The molecule has 0 aromatic heterocycles. The molecule has 1 saturated heterocycles. The van der Waals surface area contributed by atoms with Crippen LogP contribution in [-0.2, 0) is 16.0 Å². The molecule has 1 fully saturated rings. The van der Waals surface area contributed by atoms with E-state index in [0.29, 0.717) is 25.4 Å². The molecule has 110 valence electrons. The standard InChI is InChI=1S/C17H25NO2/c1-2-11-18-16-13-20-12-15(16)17(19)10-6-9-14-7-4-3-5-8-14/h3-5,7-8,15-16,18H,2,6,9-13H2,1H3. The molecule has 20 heavy (non-hydrogen) atoms. The van der Waals surface area contributed by atoms with Gasteiger partial charge in [-0.2, -0.15) is 0 Å². The van der Waals surface area contributed by atoms with E-state index in [1.165, 1.54) is 5.56 Å². The van der Waals surface area contributed by atoms with Crippen molar-refractivity contribution in [2.24, 2.45) is 5.92 Å². The van der Waals surface area contributed by atoms with E-state index >= 15 is 0 Å². The van der Waals surface area contributed by atoms with Crippen LogP contribution in [0.2, 0.25) is 0 Å². The smallest absolute Gasteiger partial charge is 0.139 e. The quantitative estimate of drug-likeness (QED) is 0.792. The number of ketones is 1. The lowest BCUT2D eigenvalue weighted by atomic mass is 9.94. The van der Waals surface area contributed by atoms with Crippen molar-refractivity contribution < 1.29 is 9.53 Å². The van der Waals surface area contributed by atoms with Gasteiger partial charge in [-0.3, -0.25) is 4.79 Å². The highest BCUT2D eigenvalue weighted by Crippen LogP contribution is 2.18. The molecule has 0 amide bonds. The Bertz CT molecular complexity index is 405. The summed E-state index contributed by atoms with van der Waals surface area (Å²) in [4.78, 5) is 12.3. The van der Waals surface area contributed by atoms with Gasteiger partial charge in [0.15, 0.2) is 0 Å². The topological polar surface area (TPSA) is 38.3 Å². The summed E-state index contributed by atoms with van der Waals surface area (Å²) >= 11 is 0. The molecule has 1 N–H and O–H groups in total. The van der Waals surface area contributed by atoms with Crippen LogP contribution in [0.5, 0.6) is 0 Å². The number of aryl methyl sites for hydroxylation is 1. The van der Waals surface area contributed by atoms with Crippen molar-refractivity contribution in [3.63, 3.8) is 0 Å². The van der Waals surface area contributed by atoms with Gasteiger partial charge in [0.1, 0.15) is 5.78 Å². The molecule has 0 spiro atoms. The summed E-state index contributed by atoms with van der Waals surface area (Å²) in [7, 11) is 0. The maximum atomic E-state index is 12.3. The highest BCUT2D eigenvalue weighted by Gasteiger charge is 2.32. The second kappa shape index (κ2) is 8.18. The summed E-state index contributed by atoms with van der Waals surface area (Å²) in [5.41, 5.74) is 1.31. The van der Waals surface area contributed by atoms with Crippen LogP contribution in [0, 0.1) is 5.92 Å². The van der Waals surface area contributed by atoms with Crippen LogP contribution in [0.4, 0.5) is 0 Å². The normalized spacial score (nSPS) is 22.1. The first-order chi connectivity index (χ1) is 9.81. The number of carbonyl (C=O) groups is 1. The third kappa shape index (κ3) is 4.43. The molecule has 1 aromatic rings. The Morgan fingerprint density at radius 1 is 1.30 bits per heavy atom. The Morgan fingerprint density at radius 2 is 2.10 bits per heavy atom. The number of hydrogen-bond acceptors (Lipinski definition) is 3. The third-order valence-electron chi connectivity index (χ3n) is 3.88. The first-order valence-electron chi connectivity index (χ1n) is 7.69. The third-order valence-corrected chi connectivity index (χ3v) is 3.88. The molecule has 2 unspecified atom stereocenters. The molecule has 1 heterocycles. The van der Waals surface area contributed by atoms with Crippen LogP contribution in [0.1, 0.15) is 31.7 Å². The molecule has 2 rings (SSSR count). The lowest BCUT2D eigenvalue weighted by Crippen LogP contribution is -2.39. The molecule has 1 aromatic carbocycles. The highest BCUT2D eigenvalue weighted by molar-refractivity contribution is 5.82. The first kappa shape index (κ1) is 15.2. The zero-order chi connectivity index (χ0) is 14.2. The molecular formula is C17H25NO2. The van der Waals surface area contributed by atoms with Crippen LogP contribution < -0.4 is 5.32 Å². The average Bonchev–Trinajstić information content (AvgIpc) is 2.94. The minimum atomic E-state index is 0.0531. The van der Waals surface area contributed by atoms with Crippen LogP contribution in [-0.4, -0.2) is 31.6 Å². The van der Waals surface area contributed by atoms with E-state index in [1.54, 1.807) is 0 Å². The van der Waals surface area contributed by atoms with E-state index in [0.717, 1.165) is 25.8 Å². The molecule has 0 radical (unpaired) electrons. The van der Waals surface area contributed by atoms with Crippen molar-refractivity contribution >= 4 is 5.78 Å². The fraction of sp³-hybridized carbons (Fsp3) is 0.588. The van der Waals surface area contributed by atoms with Crippen molar-refractivity contribution in [1.29, 1.82) is 0 Å². The molecular weight excluding hydrogens is 250 g/mol. The monoisotopic (exact) mass is 275 g/mol.